The molecule has 2 aromatic carbocycles. The van der Waals surface area contributed by atoms with Gasteiger partial charge in [-0.15, -0.1) is 0 Å². The molecule has 10 heteroatoms. The highest BCUT2D eigenvalue weighted by molar-refractivity contribution is 7.80. The Kier molecular flexibility index (Phi) is 9.97. The number of rotatable bonds is 9. The van der Waals surface area contributed by atoms with Crippen LogP contribution in [0.5, 0.6) is 5.75 Å². The molecule has 0 bridgehead atoms. The van der Waals surface area contributed by atoms with Crippen LogP contribution in [0, 0.1) is 6.92 Å². The number of phenols is 1. The maximum absolute atomic E-state index is 13.5. The van der Waals surface area contributed by atoms with Gasteiger partial charge in [0.15, 0.2) is 0 Å². The van der Waals surface area contributed by atoms with E-state index in [1.807, 2.05) is 19.1 Å². The smallest absolute Gasteiger partial charge is 0.408 e. The minimum atomic E-state index is -1.22. The number of nitrogens with zero attached hydrogens (tertiary/aromatic N) is 1. The molecule has 0 aliphatic carbocycles. The highest BCUT2D eigenvalue weighted by atomic mass is 32.1. The molecule has 35 heavy (non-hydrogen) atoms. The van der Waals surface area contributed by atoms with E-state index in [0.717, 1.165) is 10.5 Å². The summed E-state index contributed by atoms with van der Waals surface area (Å²) in [5.74, 6) is -1.37. The highest BCUT2D eigenvalue weighted by Gasteiger charge is 2.36. The lowest BCUT2D eigenvalue weighted by Crippen LogP contribution is -2.53. The van der Waals surface area contributed by atoms with E-state index in [1.54, 1.807) is 45.0 Å². The number of carbonyl (C=O) groups excluding carboxylic acids is 3. The van der Waals surface area contributed by atoms with Crippen molar-refractivity contribution in [2.45, 2.75) is 45.4 Å². The number of aliphatic hydroxyl groups excluding tert-OH is 1. The molecule has 190 valence electrons. The fourth-order valence-corrected chi connectivity index (χ4v) is 3.64. The third-order valence-corrected chi connectivity index (χ3v) is 5.31. The Hall–Kier alpha value is -3.24. The van der Waals surface area contributed by atoms with Crippen LogP contribution in [0.1, 0.15) is 37.9 Å². The molecule has 0 aromatic heterocycles. The summed E-state index contributed by atoms with van der Waals surface area (Å²) in [6.45, 7) is 6.25. The van der Waals surface area contributed by atoms with Crippen LogP contribution >= 0.6 is 12.6 Å². The fourth-order valence-electron chi connectivity index (χ4n) is 3.39. The summed E-state index contributed by atoms with van der Waals surface area (Å²) in [5, 5.41) is 25.1. The van der Waals surface area contributed by atoms with Gasteiger partial charge in [-0.2, -0.15) is 12.6 Å². The summed E-state index contributed by atoms with van der Waals surface area (Å²) in [7, 11) is 0. The number of ether oxygens (including phenoxy) is 1. The van der Waals surface area contributed by atoms with Gasteiger partial charge in [0.2, 0.25) is 5.91 Å². The first kappa shape index (κ1) is 28.0. The molecule has 0 aliphatic heterocycles. The van der Waals surface area contributed by atoms with Gasteiger partial charge >= 0.3 is 6.09 Å². The number of amides is 3. The van der Waals surface area contributed by atoms with E-state index in [2.05, 4.69) is 23.3 Å². The van der Waals surface area contributed by atoms with Crippen LogP contribution in [0.2, 0.25) is 0 Å². The molecule has 2 unspecified atom stereocenters. The second-order valence-corrected chi connectivity index (χ2v) is 9.30. The molecule has 3 amide bonds. The molecule has 9 nitrogen and oxygen atoms in total. The number of aliphatic hydroxyl groups is 1. The monoisotopic (exact) mass is 503 g/mol. The summed E-state index contributed by atoms with van der Waals surface area (Å²) >= 11 is 4.20. The van der Waals surface area contributed by atoms with Crippen molar-refractivity contribution in [3.8, 4) is 5.75 Å². The largest absolute Gasteiger partial charge is 0.508 e. The molecule has 0 saturated carbocycles. The lowest BCUT2D eigenvalue weighted by molar-refractivity contribution is -0.140. The van der Waals surface area contributed by atoms with Crippen LogP contribution in [0.4, 0.5) is 10.5 Å². The van der Waals surface area contributed by atoms with Gasteiger partial charge in [-0.25, -0.2) is 4.79 Å². The molecule has 2 atom stereocenters. The van der Waals surface area contributed by atoms with Gasteiger partial charge in [-0.05, 0) is 57.0 Å². The molecule has 0 radical (unpaired) electrons. The molecule has 2 rings (SSSR count). The van der Waals surface area contributed by atoms with E-state index in [-0.39, 0.29) is 18.0 Å². The number of anilines is 1. The maximum atomic E-state index is 13.5. The number of aromatic hydroxyl groups is 1. The second kappa shape index (κ2) is 12.5. The van der Waals surface area contributed by atoms with Crippen molar-refractivity contribution in [3.63, 3.8) is 0 Å². The summed E-state index contributed by atoms with van der Waals surface area (Å²) in [4.78, 5) is 40.5. The average molecular weight is 504 g/mol. The van der Waals surface area contributed by atoms with Crippen molar-refractivity contribution < 1.29 is 29.3 Å². The average Bonchev–Trinajstić information content (AvgIpc) is 2.77. The standard InChI is InChI=1S/C25H33N3O6S/c1-16-8-5-6-11-19(16)26-22(31)21(17-9-7-10-18(30)14-17)28(12-13-29)23(32)20(15-35)27-24(33)34-25(2,3)4/h5-11,14,20-21,29-30,35H,12-13,15H2,1-4H3,(H,26,31)(H,27,33). The third-order valence-electron chi connectivity index (χ3n) is 4.94. The molecule has 0 heterocycles. The van der Waals surface area contributed by atoms with Gasteiger partial charge in [0.25, 0.3) is 5.91 Å². The summed E-state index contributed by atoms with van der Waals surface area (Å²) in [6.07, 6.45) is -0.813. The predicted molar refractivity (Wildman–Crippen MR) is 136 cm³/mol. The van der Waals surface area contributed by atoms with Crippen molar-refractivity contribution >= 4 is 36.2 Å². The third kappa shape index (κ3) is 8.18. The van der Waals surface area contributed by atoms with Crippen molar-refractivity contribution in [3.05, 3.63) is 59.7 Å². The number of nitrogens with one attached hydrogen (secondary N) is 2. The zero-order chi connectivity index (χ0) is 26.2. The fraction of sp³-hybridized carbons (Fsp3) is 0.400. The number of phenolic OH excluding ortho intramolecular Hbond substituents is 1. The summed E-state index contributed by atoms with van der Waals surface area (Å²) in [6, 6.07) is 10.8. The lowest BCUT2D eigenvalue weighted by Gasteiger charge is -2.34. The number of aryl methyl sites for hydroxylation is 1. The number of para-hydroxylation sites is 1. The predicted octanol–water partition coefficient (Wildman–Crippen LogP) is 3.02. The SMILES string of the molecule is Cc1ccccc1NC(=O)C(c1cccc(O)c1)N(CCO)C(=O)C(CS)NC(=O)OC(C)(C)C. The van der Waals surface area contributed by atoms with Crippen LogP contribution in [0.15, 0.2) is 48.5 Å². The van der Waals surface area contributed by atoms with Crippen molar-refractivity contribution in [1.82, 2.24) is 10.2 Å². The Bertz CT molecular complexity index is 1040. The van der Waals surface area contributed by atoms with E-state index in [9.17, 15) is 24.6 Å². The first-order chi connectivity index (χ1) is 16.5. The van der Waals surface area contributed by atoms with Crippen molar-refractivity contribution in [2.75, 3.05) is 24.2 Å². The Balaban J connectivity index is 2.44. The highest BCUT2D eigenvalue weighted by Crippen LogP contribution is 2.27. The van der Waals surface area contributed by atoms with E-state index in [1.165, 1.54) is 12.1 Å². The van der Waals surface area contributed by atoms with E-state index in [0.29, 0.717) is 11.3 Å². The van der Waals surface area contributed by atoms with Gasteiger partial charge in [-0.3, -0.25) is 9.59 Å². The van der Waals surface area contributed by atoms with Crippen LogP contribution in [-0.4, -0.2) is 63.6 Å². The van der Waals surface area contributed by atoms with E-state index >= 15 is 0 Å². The van der Waals surface area contributed by atoms with E-state index < -0.39 is 42.2 Å². The lowest BCUT2D eigenvalue weighted by atomic mass is 10.0. The Morgan fingerprint density at radius 3 is 2.37 bits per heavy atom. The quantitative estimate of drug-likeness (QED) is 0.335. The van der Waals surface area contributed by atoms with Gasteiger partial charge in [0.05, 0.1) is 6.61 Å². The molecular weight excluding hydrogens is 470 g/mol. The first-order valence-electron chi connectivity index (χ1n) is 11.1. The molecule has 0 spiro atoms. The molecule has 0 saturated heterocycles. The van der Waals surface area contributed by atoms with Gasteiger partial charge < -0.3 is 30.5 Å². The summed E-state index contributed by atoms with van der Waals surface area (Å²) < 4.78 is 5.24. The van der Waals surface area contributed by atoms with Crippen LogP contribution in [0.3, 0.4) is 0 Å². The molecule has 4 N–H and O–H groups in total. The van der Waals surface area contributed by atoms with Gasteiger partial charge in [0.1, 0.15) is 23.4 Å². The topological polar surface area (TPSA) is 128 Å². The zero-order valence-electron chi connectivity index (χ0n) is 20.3. The Morgan fingerprint density at radius 1 is 1.11 bits per heavy atom. The van der Waals surface area contributed by atoms with Crippen LogP contribution in [0.25, 0.3) is 0 Å². The number of alkyl carbamates (subject to hydrolysis) is 1. The van der Waals surface area contributed by atoms with Crippen molar-refractivity contribution in [1.29, 1.82) is 0 Å². The Labute approximate surface area is 210 Å². The number of hydrogen-bond donors (Lipinski definition) is 5. The minimum absolute atomic E-state index is 0.0772. The van der Waals surface area contributed by atoms with Crippen molar-refractivity contribution in [2.24, 2.45) is 0 Å². The number of carbonyl (C=O) groups is 3. The normalized spacial score (nSPS) is 12.9. The number of thiol groups is 1. The van der Waals surface area contributed by atoms with Crippen LogP contribution < -0.4 is 10.6 Å². The molecule has 0 aliphatic rings. The minimum Gasteiger partial charge on any atom is -0.508 e. The summed E-state index contributed by atoms with van der Waals surface area (Å²) in [5.41, 5.74) is 0.913. The van der Waals surface area contributed by atoms with Gasteiger partial charge in [0, 0.05) is 18.0 Å². The Morgan fingerprint density at radius 2 is 1.80 bits per heavy atom. The number of benzene rings is 2. The maximum Gasteiger partial charge on any atom is 0.408 e. The second-order valence-electron chi connectivity index (χ2n) is 8.94. The molecule has 0 fully saturated rings. The van der Waals surface area contributed by atoms with E-state index in [4.69, 9.17) is 4.74 Å². The first-order valence-corrected chi connectivity index (χ1v) is 11.8. The molecule has 2 aromatic rings. The molecular formula is C25H33N3O6S. The van der Waals surface area contributed by atoms with Gasteiger partial charge in [-0.1, -0.05) is 30.3 Å². The van der Waals surface area contributed by atoms with Crippen LogP contribution in [-0.2, 0) is 14.3 Å². The zero-order valence-corrected chi connectivity index (χ0v) is 21.2. The number of hydrogen-bond acceptors (Lipinski definition) is 7.